The number of rotatable bonds is 7. The van der Waals surface area contributed by atoms with E-state index in [1.54, 1.807) is 6.20 Å². The summed E-state index contributed by atoms with van der Waals surface area (Å²) in [5.41, 5.74) is 6.40. The van der Waals surface area contributed by atoms with Crippen LogP contribution < -0.4 is 10.2 Å². The second kappa shape index (κ2) is 9.69. The van der Waals surface area contributed by atoms with Crippen molar-refractivity contribution in [3.8, 4) is 11.3 Å². The van der Waals surface area contributed by atoms with Gasteiger partial charge in [0.1, 0.15) is 0 Å². The van der Waals surface area contributed by atoms with E-state index in [-0.39, 0.29) is 5.91 Å². The summed E-state index contributed by atoms with van der Waals surface area (Å²) < 4.78 is 0. The van der Waals surface area contributed by atoms with E-state index in [1.807, 2.05) is 75.4 Å². The van der Waals surface area contributed by atoms with Gasteiger partial charge in [-0.15, -0.1) is 0 Å². The summed E-state index contributed by atoms with van der Waals surface area (Å²) in [7, 11) is 4.05. The van der Waals surface area contributed by atoms with Gasteiger partial charge in [-0.2, -0.15) is 0 Å². The largest absolute Gasteiger partial charge is 0.378 e. The van der Waals surface area contributed by atoms with Crippen LogP contribution in [0.3, 0.4) is 0 Å². The second-order valence-electron chi connectivity index (χ2n) is 8.07. The number of fused-ring (bicyclic) bond motifs is 1. The molecule has 6 heteroatoms. The third-order valence-electron chi connectivity index (χ3n) is 5.75. The molecular formula is C27H29N5O. The summed E-state index contributed by atoms with van der Waals surface area (Å²) in [6.45, 7) is 5.38. The highest BCUT2D eigenvalue weighted by Gasteiger charge is 2.13. The van der Waals surface area contributed by atoms with Crippen LogP contribution in [0.25, 0.3) is 22.2 Å². The van der Waals surface area contributed by atoms with Crippen molar-refractivity contribution in [2.45, 2.75) is 13.8 Å². The van der Waals surface area contributed by atoms with Crippen molar-refractivity contribution in [2.75, 3.05) is 37.4 Å². The monoisotopic (exact) mass is 439 g/mol. The minimum absolute atomic E-state index is 0.0487. The van der Waals surface area contributed by atoms with Gasteiger partial charge in [-0.25, -0.2) is 4.98 Å². The van der Waals surface area contributed by atoms with Gasteiger partial charge in [0.2, 0.25) is 0 Å². The highest BCUT2D eigenvalue weighted by Crippen LogP contribution is 2.31. The lowest BCUT2D eigenvalue weighted by molar-refractivity contribution is 0.0773. The molecule has 6 nitrogen and oxygen atoms in total. The molecule has 2 aromatic carbocycles. The van der Waals surface area contributed by atoms with E-state index >= 15 is 0 Å². The molecule has 0 spiro atoms. The highest BCUT2D eigenvalue weighted by molar-refractivity contribution is 5.96. The summed E-state index contributed by atoms with van der Waals surface area (Å²) >= 11 is 0. The molecule has 0 saturated heterocycles. The van der Waals surface area contributed by atoms with Crippen LogP contribution in [0.5, 0.6) is 0 Å². The van der Waals surface area contributed by atoms with Crippen molar-refractivity contribution in [3.63, 3.8) is 0 Å². The van der Waals surface area contributed by atoms with Gasteiger partial charge in [0.05, 0.1) is 16.9 Å². The van der Waals surface area contributed by atoms with Crippen LogP contribution in [0.15, 0.2) is 73.1 Å². The Morgan fingerprint density at radius 3 is 2.27 bits per heavy atom. The number of carbonyl (C=O) groups excluding carboxylic acids is 1. The molecule has 4 rings (SSSR count). The average molecular weight is 440 g/mol. The normalized spacial score (nSPS) is 10.8. The smallest absolute Gasteiger partial charge is 0.253 e. The molecule has 0 unspecified atom stereocenters. The number of hydrogen-bond donors (Lipinski definition) is 1. The lowest BCUT2D eigenvalue weighted by Gasteiger charge is -2.18. The van der Waals surface area contributed by atoms with Gasteiger partial charge in [0, 0.05) is 67.5 Å². The minimum Gasteiger partial charge on any atom is -0.378 e. The summed E-state index contributed by atoms with van der Waals surface area (Å²) in [5.74, 6) is 0.0487. The Kier molecular flexibility index (Phi) is 6.54. The number of pyridine rings is 2. The summed E-state index contributed by atoms with van der Waals surface area (Å²) in [4.78, 5) is 25.7. The van der Waals surface area contributed by atoms with Gasteiger partial charge in [-0.1, -0.05) is 12.1 Å². The highest BCUT2D eigenvalue weighted by atomic mass is 16.2. The first-order valence-corrected chi connectivity index (χ1v) is 11.2. The molecule has 0 aliphatic rings. The molecule has 1 N–H and O–H groups in total. The van der Waals surface area contributed by atoms with Gasteiger partial charge in [0.25, 0.3) is 5.91 Å². The van der Waals surface area contributed by atoms with E-state index in [0.29, 0.717) is 18.7 Å². The molecule has 0 fully saturated rings. The van der Waals surface area contributed by atoms with Gasteiger partial charge in [0.15, 0.2) is 0 Å². The molecule has 1 amide bonds. The number of benzene rings is 2. The lowest BCUT2D eigenvalue weighted by atomic mass is 10.1. The topological polar surface area (TPSA) is 61.4 Å². The van der Waals surface area contributed by atoms with Crippen molar-refractivity contribution in [3.05, 3.63) is 78.6 Å². The molecule has 0 radical (unpaired) electrons. The average Bonchev–Trinajstić information content (AvgIpc) is 2.85. The van der Waals surface area contributed by atoms with Crippen molar-refractivity contribution in [2.24, 2.45) is 0 Å². The van der Waals surface area contributed by atoms with Crippen LogP contribution in [0.1, 0.15) is 24.2 Å². The third kappa shape index (κ3) is 4.80. The fourth-order valence-corrected chi connectivity index (χ4v) is 3.80. The fourth-order valence-electron chi connectivity index (χ4n) is 3.80. The number of amides is 1. The maximum absolute atomic E-state index is 12.6. The van der Waals surface area contributed by atoms with E-state index in [0.717, 1.165) is 39.2 Å². The van der Waals surface area contributed by atoms with Crippen molar-refractivity contribution >= 4 is 33.9 Å². The van der Waals surface area contributed by atoms with Gasteiger partial charge in [-0.05, 0) is 62.4 Å². The van der Waals surface area contributed by atoms with Crippen LogP contribution in [0.2, 0.25) is 0 Å². The summed E-state index contributed by atoms with van der Waals surface area (Å²) in [6, 6.07) is 19.9. The van der Waals surface area contributed by atoms with Crippen molar-refractivity contribution in [1.29, 1.82) is 0 Å². The summed E-state index contributed by atoms with van der Waals surface area (Å²) in [5, 5.41) is 4.47. The molecular weight excluding hydrogens is 410 g/mol. The quantitative estimate of drug-likeness (QED) is 0.407. The zero-order valence-corrected chi connectivity index (χ0v) is 19.5. The van der Waals surface area contributed by atoms with Crippen LogP contribution in [-0.2, 0) is 0 Å². The number of nitrogens with zero attached hydrogens (tertiary/aromatic N) is 4. The van der Waals surface area contributed by atoms with Gasteiger partial charge < -0.3 is 15.1 Å². The first-order valence-electron chi connectivity index (χ1n) is 11.2. The first kappa shape index (κ1) is 22.3. The standard InChI is InChI=1S/C27H29N5O/c1-5-32(6-2)27(33)20-9-7-19(8-10-20)25-17-26(23-18-28-16-15-24(23)30-25)29-21-11-13-22(14-12-21)31(3)4/h7-18H,5-6H2,1-4H3,(H,29,30). The Balaban J connectivity index is 1.68. The molecule has 0 aliphatic carbocycles. The fraction of sp³-hybridized carbons (Fsp3) is 0.222. The molecule has 2 aromatic heterocycles. The van der Waals surface area contributed by atoms with E-state index in [1.165, 1.54) is 0 Å². The van der Waals surface area contributed by atoms with E-state index in [2.05, 4.69) is 39.5 Å². The Bertz CT molecular complexity index is 1250. The molecule has 0 aliphatic heterocycles. The number of hydrogen-bond acceptors (Lipinski definition) is 5. The Morgan fingerprint density at radius 1 is 0.939 bits per heavy atom. The van der Waals surface area contributed by atoms with Crippen LogP contribution in [-0.4, -0.2) is 48.0 Å². The summed E-state index contributed by atoms with van der Waals surface area (Å²) in [6.07, 6.45) is 3.58. The Hall–Kier alpha value is -3.93. The third-order valence-corrected chi connectivity index (χ3v) is 5.75. The Morgan fingerprint density at radius 2 is 1.64 bits per heavy atom. The number of aromatic nitrogens is 2. The maximum atomic E-state index is 12.6. The molecule has 0 bridgehead atoms. The predicted octanol–water partition coefficient (Wildman–Crippen LogP) is 5.59. The van der Waals surface area contributed by atoms with Gasteiger partial charge in [-0.3, -0.25) is 9.78 Å². The maximum Gasteiger partial charge on any atom is 0.253 e. The second-order valence-corrected chi connectivity index (χ2v) is 8.07. The SMILES string of the molecule is CCN(CC)C(=O)c1ccc(-c2cc(Nc3ccc(N(C)C)cc3)c3cnccc3n2)cc1. The van der Waals surface area contributed by atoms with Gasteiger partial charge >= 0.3 is 0 Å². The molecule has 4 aromatic rings. The van der Waals surface area contributed by atoms with Crippen LogP contribution in [0, 0.1) is 0 Å². The Labute approximate surface area is 194 Å². The van der Waals surface area contributed by atoms with Crippen LogP contribution >= 0.6 is 0 Å². The van der Waals surface area contributed by atoms with Crippen molar-refractivity contribution in [1.82, 2.24) is 14.9 Å². The molecule has 0 saturated carbocycles. The lowest BCUT2D eigenvalue weighted by Crippen LogP contribution is -2.30. The van der Waals surface area contributed by atoms with E-state index in [9.17, 15) is 4.79 Å². The minimum atomic E-state index is 0.0487. The van der Waals surface area contributed by atoms with E-state index in [4.69, 9.17) is 4.98 Å². The zero-order chi connectivity index (χ0) is 23.4. The number of carbonyl (C=O) groups is 1. The molecule has 168 valence electrons. The zero-order valence-electron chi connectivity index (χ0n) is 19.5. The number of nitrogens with one attached hydrogen (secondary N) is 1. The molecule has 33 heavy (non-hydrogen) atoms. The van der Waals surface area contributed by atoms with Crippen molar-refractivity contribution < 1.29 is 4.79 Å². The molecule has 2 heterocycles. The predicted molar refractivity (Wildman–Crippen MR) is 136 cm³/mol. The van der Waals surface area contributed by atoms with Crippen LogP contribution in [0.4, 0.5) is 17.1 Å². The number of anilines is 3. The molecule has 0 atom stereocenters. The van der Waals surface area contributed by atoms with E-state index < -0.39 is 0 Å². The first-order chi connectivity index (χ1) is 16.0.